The van der Waals surface area contributed by atoms with Crippen molar-refractivity contribution in [3.8, 4) is 0 Å². The van der Waals surface area contributed by atoms with Gasteiger partial charge in [-0.3, -0.25) is 0 Å². The van der Waals surface area contributed by atoms with E-state index in [0.717, 1.165) is 24.1 Å². The number of halogens is 3. The first-order valence-corrected chi connectivity index (χ1v) is 8.87. The lowest BCUT2D eigenvalue weighted by Gasteiger charge is -2.32. The molecular formula is C20H23ClF2N2. The summed E-state index contributed by atoms with van der Waals surface area (Å²) in [5.41, 5.74) is 2.21. The van der Waals surface area contributed by atoms with Crippen LogP contribution in [0.25, 0.3) is 0 Å². The largest absolute Gasteiger partial charge is 0.361 e. The van der Waals surface area contributed by atoms with Crippen LogP contribution in [0.15, 0.2) is 36.4 Å². The van der Waals surface area contributed by atoms with E-state index in [9.17, 15) is 8.78 Å². The zero-order valence-corrected chi connectivity index (χ0v) is 15.5. The molecule has 3 rings (SSSR count). The molecule has 0 bridgehead atoms. The Hall–Kier alpha value is -1.65. The lowest BCUT2D eigenvalue weighted by molar-refractivity contribution is 0.492. The number of rotatable bonds is 5. The first-order chi connectivity index (χ1) is 11.8. The molecule has 2 nitrogen and oxygen atoms in total. The molecule has 5 heteroatoms. The van der Waals surface area contributed by atoms with Gasteiger partial charge in [-0.2, -0.15) is 0 Å². The van der Waals surface area contributed by atoms with Gasteiger partial charge >= 0.3 is 0 Å². The van der Waals surface area contributed by atoms with E-state index < -0.39 is 0 Å². The molecule has 0 aromatic heterocycles. The maximum atomic E-state index is 14.7. The summed E-state index contributed by atoms with van der Waals surface area (Å²) >= 11 is 6.07. The van der Waals surface area contributed by atoms with Crippen molar-refractivity contribution in [1.29, 1.82) is 0 Å². The second-order valence-corrected chi connectivity index (χ2v) is 7.70. The van der Waals surface area contributed by atoms with Crippen molar-refractivity contribution >= 4 is 17.3 Å². The molecule has 0 saturated carbocycles. The second-order valence-electron chi connectivity index (χ2n) is 7.26. The van der Waals surface area contributed by atoms with Crippen LogP contribution in [-0.2, 0) is 5.41 Å². The summed E-state index contributed by atoms with van der Waals surface area (Å²) in [5, 5.41) is 3.49. The van der Waals surface area contributed by atoms with Gasteiger partial charge in [-0.1, -0.05) is 37.6 Å². The fraction of sp³-hybridized carbons (Fsp3) is 0.400. The van der Waals surface area contributed by atoms with E-state index in [0.29, 0.717) is 17.3 Å². The van der Waals surface area contributed by atoms with Crippen LogP contribution in [0.4, 0.5) is 14.5 Å². The minimum atomic E-state index is -0.371. The summed E-state index contributed by atoms with van der Waals surface area (Å²) in [6.45, 7) is 5.63. The standard InChI is InChI=1S/C20H23ClF2N2/c1-20(2)12-25(19-16(20)5-4-6-17(19)23)18(7-8-24-3)13-9-14(21)11-15(22)10-13/h4-6,9-11,18,24H,7-8,12H2,1-3H3/t18-/m1/s1. The molecule has 0 radical (unpaired) electrons. The maximum absolute atomic E-state index is 14.7. The molecule has 1 heterocycles. The highest BCUT2D eigenvalue weighted by Crippen LogP contribution is 2.46. The monoisotopic (exact) mass is 364 g/mol. The molecule has 134 valence electrons. The minimum Gasteiger partial charge on any atom is -0.361 e. The zero-order valence-electron chi connectivity index (χ0n) is 14.7. The third-order valence-electron chi connectivity index (χ3n) is 4.88. The van der Waals surface area contributed by atoms with Crippen molar-refractivity contribution in [2.24, 2.45) is 0 Å². The molecular weight excluding hydrogens is 342 g/mol. The van der Waals surface area contributed by atoms with Gasteiger partial charge in [-0.15, -0.1) is 0 Å². The summed E-state index contributed by atoms with van der Waals surface area (Å²) in [6.07, 6.45) is 0.722. The second kappa shape index (κ2) is 6.93. The van der Waals surface area contributed by atoms with Crippen molar-refractivity contribution in [1.82, 2.24) is 5.32 Å². The molecule has 1 N–H and O–H groups in total. The van der Waals surface area contributed by atoms with Gasteiger partial charge < -0.3 is 10.2 Å². The van der Waals surface area contributed by atoms with Gasteiger partial charge in [0.2, 0.25) is 0 Å². The van der Waals surface area contributed by atoms with Gasteiger partial charge in [0, 0.05) is 17.0 Å². The van der Waals surface area contributed by atoms with Gasteiger partial charge in [0.25, 0.3) is 0 Å². The fourth-order valence-electron chi connectivity index (χ4n) is 3.76. The Morgan fingerprint density at radius 2 is 2.00 bits per heavy atom. The summed E-state index contributed by atoms with van der Waals surface area (Å²) in [6, 6.07) is 9.63. The molecule has 2 aromatic carbocycles. The number of nitrogens with one attached hydrogen (secondary N) is 1. The maximum Gasteiger partial charge on any atom is 0.146 e. The van der Waals surface area contributed by atoms with Crippen molar-refractivity contribution in [2.45, 2.75) is 31.7 Å². The van der Waals surface area contributed by atoms with Crippen LogP contribution in [-0.4, -0.2) is 20.1 Å². The van der Waals surface area contributed by atoms with Crippen molar-refractivity contribution < 1.29 is 8.78 Å². The number of fused-ring (bicyclic) bond motifs is 1. The predicted octanol–water partition coefficient (Wildman–Crippen LogP) is 5.07. The van der Waals surface area contributed by atoms with E-state index in [4.69, 9.17) is 11.6 Å². The first kappa shape index (κ1) is 18.2. The van der Waals surface area contributed by atoms with E-state index in [2.05, 4.69) is 24.1 Å². The number of hydrogen-bond donors (Lipinski definition) is 1. The smallest absolute Gasteiger partial charge is 0.146 e. The molecule has 0 amide bonds. The van der Waals surface area contributed by atoms with Gasteiger partial charge in [-0.05, 0) is 55.4 Å². The Labute approximate surface area is 152 Å². The van der Waals surface area contributed by atoms with Crippen LogP contribution < -0.4 is 10.2 Å². The van der Waals surface area contributed by atoms with E-state index in [1.807, 2.05) is 13.1 Å². The number of nitrogens with zero attached hydrogens (tertiary/aromatic N) is 1. The first-order valence-electron chi connectivity index (χ1n) is 8.50. The molecule has 0 aliphatic carbocycles. The Balaban J connectivity index is 2.09. The van der Waals surface area contributed by atoms with Crippen molar-refractivity contribution in [3.63, 3.8) is 0 Å². The molecule has 0 saturated heterocycles. The van der Waals surface area contributed by atoms with E-state index in [1.54, 1.807) is 12.1 Å². The number of anilines is 1. The Morgan fingerprint density at radius 1 is 1.24 bits per heavy atom. The molecule has 0 unspecified atom stereocenters. The van der Waals surface area contributed by atoms with Crippen LogP contribution in [0, 0.1) is 11.6 Å². The summed E-state index contributed by atoms with van der Waals surface area (Å²) in [7, 11) is 1.87. The minimum absolute atomic E-state index is 0.155. The molecule has 1 aliphatic heterocycles. The van der Waals surface area contributed by atoms with Gasteiger partial charge in [0.05, 0.1) is 11.7 Å². The van der Waals surface area contributed by atoms with Gasteiger partial charge in [-0.25, -0.2) is 8.78 Å². The highest BCUT2D eigenvalue weighted by Gasteiger charge is 2.40. The van der Waals surface area contributed by atoms with Crippen LogP contribution in [0.3, 0.4) is 0 Å². The number of para-hydroxylation sites is 1. The highest BCUT2D eigenvalue weighted by atomic mass is 35.5. The quantitative estimate of drug-likeness (QED) is 0.797. The zero-order chi connectivity index (χ0) is 18.2. The molecule has 1 atom stereocenters. The van der Waals surface area contributed by atoms with Crippen molar-refractivity contribution in [3.05, 3.63) is 64.2 Å². The van der Waals surface area contributed by atoms with Gasteiger partial charge in [0.1, 0.15) is 11.6 Å². The molecule has 25 heavy (non-hydrogen) atoms. The van der Waals surface area contributed by atoms with E-state index >= 15 is 0 Å². The number of benzene rings is 2. The van der Waals surface area contributed by atoms with E-state index in [1.165, 1.54) is 18.2 Å². The average Bonchev–Trinajstić information content (AvgIpc) is 2.80. The third kappa shape index (κ3) is 3.51. The lowest BCUT2D eigenvalue weighted by Crippen LogP contribution is -2.34. The van der Waals surface area contributed by atoms with Gasteiger partial charge in [0.15, 0.2) is 0 Å². The van der Waals surface area contributed by atoms with Crippen LogP contribution in [0.2, 0.25) is 5.02 Å². The molecule has 1 aliphatic rings. The summed E-state index contributed by atoms with van der Waals surface area (Å²) in [4.78, 5) is 2.06. The lowest BCUT2D eigenvalue weighted by atomic mass is 9.87. The predicted molar refractivity (Wildman–Crippen MR) is 99.5 cm³/mol. The summed E-state index contributed by atoms with van der Waals surface area (Å²) in [5.74, 6) is -0.607. The Kier molecular flexibility index (Phi) is 5.03. The van der Waals surface area contributed by atoms with Crippen LogP contribution in [0.1, 0.15) is 37.4 Å². The normalized spacial score (nSPS) is 16.8. The third-order valence-corrected chi connectivity index (χ3v) is 5.10. The SMILES string of the molecule is CNCC[C@H](c1cc(F)cc(Cl)c1)N1CC(C)(C)c2cccc(F)c21. The highest BCUT2D eigenvalue weighted by molar-refractivity contribution is 6.30. The molecule has 0 spiro atoms. The molecule has 2 aromatic rings. The van der Waals surface area contributed by atoms with E-state index in [-0.39, 0.29) is 23.1 Å². The molecule has 0 fully saturated rings. The van der Waals surface area contributed by atoms with Crippen LogP contribution >= 0.6 is 11.6 Å². The Bertz CT molecular complexity index is 756. The topological polar surface area (TPSA) is 15.3 Å². The fourth-order valence-corrected chi connectivity index (χ4v) is 3.99. The Morgan fingerprint density at radius 3 is 2.68 bits per heavy atom. The average molecular weight is 365 g/mol. The van der Waals surface area contributed by atoms with Crippen LogP contribution in [0.5, 0.6) is 0 Å². The van der Waals surface area contributed by atoms with Crippen molar-refractivity contribution in [2.75, 3.05) is 25.0 Å². The summed E-state index contributed by atoms with van der Waals surface area (Å²) < 4.78 is 28.6. The number of hydrogen-bond acceptors (Lipinski definition) is 2.